The summed E-state index contributed by atoms with van der Waals surface area (Å²) in [6.45, 7) is 6.58. The first-order chi connectivity index (χ1) is 12.8. The predicted molar refractivity (Wildman–Crippen MR) is 108 cm³/mol. The average molecular weight is 389 g/mol. The van der Waals surface area contributed by atoms with Gasteiger partial charge in [-0.1, -0.05) is 54.6 Å². The van der Waals surface area contributed by atoms with Crippen molar-refractivity contribution in [1.29, 1.82) is 0 Å². The van der Waals surface area contributed by atoms with Gasteiger partial charge >= 0.3 is 0 Å². The monoisotopic (exact) mass is 388 g/mol. The molecule has 0 saturated carbocycles. The van der Waals surface area contributed by atoms with Crippen LogP contribution in [-0.4, -0.2) is 38.8 Å². The van der Waals surface area contributed by atoms with E-state index in [1.165, 1.54) is 17.4 Å². The number of ether oxygens (including phenoxy) is 1. The quantitative estimate of drug-likeness (QED) is 0.825. The summed E-state index contributed by atoms with van der Waals surface area (Å²) in [6.07, 6.45) is 1.45. The normalized spacial score (nSPS) is 22.5. The van der Waals surface area contributed by atoms with Gasteiger partial charge in [-0.05, 0) is 30.5 Å². The van der Waals surface area contributed by atoms with Crippen molar-refractivity contribution >= 4 is 10.0 Å². The lowest BCUT2D eigenvalue weighted by molar-refractivity contribution is -0.0814. The van der Waals surface area contributed by atoms with Gasteiger partial charge in [-0.2, -0.15) is 0 Å². The van der Waals surface area contributed by atoms with Crippen molar-refractivity contribution in [3.8, 4) is 0 Å². The van der Waals surface area contributed by atoms with Crippen molar-refractivity contribution in [3.63, 3.8) is 0 Å². The van der Waals surface area contributed by atoms with Crippen LogP contribution < -0.4 is 4.72 Å². The number of sulfonamides is 1. The van der Waals surface area contributed by atoms with Crippen LogP contribution in [0.1, 0.15) is 42.7 Å². The van der Waals surface area contributed by atoms with Crippen molar-refractivity contribution in [2.24, 2.45) is 0 Å². The first-order valence-corrected chi connectivity index (χ1v) is 11.2. The molecule has 5 nitrogen and oxygen atoms in total. The fourth-order valence-corrected chi connectivity index (χ4v) is 4.36. The standard InChI is InChI=1S/C21H28N2O3S/c1-16-13-23(15-21(26-16)20-7-5-4-6-8-20)14-18-9-11-19(12-10-18)17(2)22-27(3,24)25/h4-12,16-17,21-22H,13-15H2,1-3H3/t16-,17-,21-/m1/s1. The van der Waals surface area contributed by atoms with E-state index in [4.69, 9.17) is 4.74 Å². The van der Waals surface area contributed by atoms with E-state index in [0.717, 1.165) is 25.2 Å². The van der Waals surface area contributed by atoms with Gasteiger partial charge in [0, 0.05) is 25.7 Å². The second kappa shape index (κ2) is 8.52. The third-order valence-electron chi connectivity index (χ3n) is 4.78. The zero-order valence-corrected chi connectivity index (χ0v) is 16.9. The molecule has 0 aromatic heterocycles. The molecular formula is C21H28N2O3S. The number of nitrogens with zero attached hydrogens (tertiary/aromatic N) is 1. The van der Waals surface area contributed by atoms with E-state index in [1.54, 1.807) is 0 Å². The second-order valence-corrected chi connectivity index (χ2v) is 9.17. The Kier molecular flexibility index (Phi) is 6.32. The minimum absolute atomic E-state index is 0.0909. The molecule has 0 radical (unpaired) electrons. The molecular weight excluding hydrogens is 360 g/mol. The van der Waals surface area contributed by atoms with Crippen molar-refractivity contribution < 1.29 is 13.2 Å². The molecule has 0 spiro atoms. The van der Waals surface area contributed by atoms with Gasteiger partial charge in [-0.25, -0.2) is 13.1 Å². The van der Waals surface area contributed by atoms with Gasteiger partial charge in [0.15, 0.2) is 0 Å². The van der Waals surface area contributed by atoms with E-state index in [2.05, 4.69) is 40.8 Å². The van der Waals surface area contributed by atoms with Gasteiger partial charge in [0.05, 0.1) is 18.5 Å². The van der Waals surface area contributed by atoms with Crippen LogP contribution in [0.3, 0.4) is 0 Å². The summed E-state index contributed by atoms with van der Waals surface area (Å²) in [7, 11) is -3.22. The van der Waals surface area contributed by atoms with Crippen molar-refractivity contribution in [1.82, 2.24) is 9.62 Å². The number of rotatable bonds is 6. The highest BCUT2D eigenvalue weighted by atomic mass is 32.2. The summed E-state index contributed by atoms with van der Waals surface area (Å²) in [5, 5.41) is 0. The molecule has 146 valence electrons. The third kappa shape index (κ3) is 5.87. The zero-order chi connectivity index (χ0) is 19.4. The predicted octanol–water partition coefficient (Wildman–Crippen LogP) is 3.26. The molecule has 0 bridgehead atoms. The topological polar surface area (TPSA) is 58.6 Å². The fraction of sp³-hybridized carbons (Fsp3) is 0.429. The van der Waals surface area contributed by atoms with Crippen LogP contribution >= 0.6 is 0 Å². The van der Waals surface area contributed by atoms with Gasteiger partial charge in [0.25, 0.3) is 0 Å². The van der Waals surface area contributed by atoms with E-state index in [-0.39, 0.29) is 18.2 Å². The van der Waals surface area contributed by atoms with Crippen LogP contribution in [0.15, 0.2) is 54.6 Å². The second-order valence-electron chi connectivity index (χ2n) is 7.39. The molecule has 1 aliphatic heterocycles. The molecule has 3 atom stereocenters. The number of benzene rings is 2. The molecule has 0 unspecified atom stereocenters. The molecule has 2 aromatic rings. The van der Waals surface area contributed by atoms with E-state index >= 15 is 0 Å². The Morgan fingerprint density at radius 3 is 2.41 bits per heavy atom. The Bertz CT molecular complexity index is 837. The molecule has 1 fully saturated rings. The van der Waals surface area contributed by atoms with Crippen LogP contribution in [0.2, 0.25) is 0 Å². The summed E-state index contributed by atoms with van der Waals surface area (Å²) >= 11 is 0. The maximum Gasteiger partial charge on any atom is 0.209 e. The molecule has 2 aromatic carbocycles. The Morgan fingerprint density at radius 1 is 1.11 bits per heavy atom. The van der Waals surface area contributed by atoms with E-state index in [0.29, 0.717) is 0 Å². The summed E-state index contributed by atoms with van der Waals surface area (Å²) in [5.74, 6) is 0. The summed E-state index contributed by atoms with van der Waals surface area (Å²) in [5.41, 5.74) is 3.39. The molecule has 1 heterocycles. The van der Waals surface area contributed by atoms with Gasteiger partial charge < -0.3 is 4.74 Å². The maximum absolute atomic E-state index is 11.4. The van der Waals surface area contributed by atoms with E-state index < -0.39 is 10.0 Å². The number of morpholine rings is 1. The lowest BCUT2D eigenvalue weighted by Crippen LogP contribution is -2.42. The molecule has 6 heteroatoms. The van der Waals surface area contributed by atoms with Gasteiger partial charge in [0.1, 0.15) is 0 Å². The first kappa shape index (κ1) is 20.0. The first-order valence-electron chi connectivity index (χ1n) is 9.29. The number of hydrogen-bond acceptors (Lipinski definition) is 4. The molecule has 0 amide bonds. The minimum Gasteiger partial charge on any atom is -0.368 e. The summed E-state index contributed by atoms with van der Waals surface area (Å²) in [4.78, 5) is 2.42. The molecule has 0 aliphatic carbocycles. The van der Waals surface area contributed by atoms with Crippen LogP contribution in [0.25, 0.3) is 0 Å². The van der Waals surface area contributed by atoms with E-state index in [9.17, 15) is 8.42 Å². The SMILES string of the molecule is C[C@@H]1CN(Cc2ccc([C@@H](C)NS(C)(=O)=O)cc2)C[C@H](c2ccccc2)O1. The number of hydrogen-bond donors (Lipinski definition) is 1. The molecule has 3 rings (SSSR count). The van der Waals surface area contributed by atoms with E-state index in [1.807, 2.05) is 37.3 Å². The highest BCUT2D eigenvalue weighted by Gasteiger charge is 2.26. The van der Waals surface area contributed by atoms with Crippen LogP contribution in [0.5, 0.6) is 0 Å². The third-order valence-corrected chi connectivity index (χ3v) is 5.57. The highest BCUT2D eigenvalue weighted by Crippen LogP contribution is 2.26. The smallest absolute Gasteiger partial charge is 0.209 e. The molecule has 27 heavy (non-hydrogen) atoms. The maximum atomic E-state index is 11.4. The van der Waals surface area contributed by atoms with Gasteiger partial charge in [0.2, 0.25) is 10.0 Å². The molecule has 1 aliphatic rings. The lowest BCUT2D eigenvalue weighted by Gasteiger charge is -2.37. The van der Waals surface area contributed by atoms with Crippen molar-refractivity contribution in [2.45, 2.75) is 38.6 Å². The Hall–Kier alpha value is -1.73. The average Bonchev–Trinajstić information content (AvgIpc) is 2.61. The van der Waals surface area contributed by atoms with Crippen molar-refractivity contribution in [3.05, 3.63) is 71.3 Å². The van der Waals surface area contributed by atoms with Crippen LogP contribution in [-0.2, 0) is 21.3 Å². The van der Waals surface area contributed by atoms with Gasteiger partial charge in [-0.15, -0.1) is 0 Å². The molecule has 1 N–H and O–H groups in total. The van der Waals surface area contributed by atoms with Crippen LogP contribution in [0.4, 0.5) is 0 Å². The Morgan fingerprint density at radius 2 is 1.78 bits per heavy atom. The lowest BCUT2D eigenvalue weighted by atomic mass is 10.0. The zero-order valence-electron chi connectivity index (χ0n) is 16.1. The summed E-state index contributed by atoms with van der Waals surface area (Å²) < 4.78 is 31.5. The number of nitrogens with one attached hydrogen (secondary N) is 1. The van der Waals surface area contributed by atoms with Crippen molar-refractivity contribution in [2.75, 3.05) is 19.3 Å². The fourth-order valence-electron chi connectivity index (χ4n) is 3.58. The minimum atomic E-state index is -3.22. The molecule has 1 saturated heterocycles. The van der Waals surface area contributed by atoms with Gasteiger partial charge in [-0.3, -0.25) is 4.90 Å². The largest absolute Gasteiger partial charge is 0.368 e. The summed E-state index contributed by atoms with van der Waals surface area (Å²) in [6, 6.07) is 18.3. The van der Waals surface area contributed by atoms with Crippen LogP contribution in [0, 0.1) is 0 Å². The highest BCUT2D eigenvalue weighted by molar-refractivity contribution is 7.88. The Labute approximate surface area is 162 Å². The Balaban J connectivity index is 1.64.